The fourth-order valence-electron chi connectivity index (χ4n) is 2.16. The van der Waals surface area contributed by atoms with Crippen LogP contribution in [0.3, 0.4) is 0 Å². The minimum Gasteiger partial charge on any atom is -0.216 e. The second-order valence-corrected chi connectivity index (χ2v) is 5.13. The van der Waals surface area contributed by atoms with E-state index in [1.165, 1.54) is 16.8 Å². The molecule has 0 aliphatic heterocycles. The lowest BCUT2D eigenvalue weighted by Gasteiger charge is -2.07. The molecule has 108 valence electrons. The Bertz CT molecular complexity index is 849. The van der Waals surface area contributed by atoms with Crippen molar-refractivity contribution in [3.63, 3.8) is 0 Å². The summed E-state index contributed by atoms with van der Waals surface area (Å²) in [6.45, 7) is 0. The van der Waals surface area contributed by atoms with Crippen LogP contribution in [0.2, 0.25) is 5.02 Å². The van der Waals surface area contributed by atoms with E-state index in [0.29, 0.717) is 22.8 Å². The van der Waals surface area contributed by atoms with Crippen LogP contribution < -0.4 is 0 Å². The topological polar surface area (TPSA) is 54.5 Å². The van der Waals surface area contributed by atoms with Crippen LogP contribution in [0.15, 0.2) is 48.5 Å². The van der Waals surface area contributed by atoms with Crippen molar-refractivity contribution >= 4 is 11.6 Å². The lowest BCUT2D eigenvalue weighted by Crippen LogP contribution is -2.04. The molecule has 0 fully saturated rings. The summed E-state index contributed by atoms with van der Waals surface area (Å²) in [5.74, 6) is -0.371. The van der Waals surface area contributed by atoms with Crippen LogP contribution in [0.25, 0.3) is 5.69 Å². The van der Waals surface area contributed by atoms with Crippen LogP contribution in [0.5, 0.6) is 0 Å². The molecule has 0 saturated heterocycles. The van der Waals surface area contributed by atoms with Gasteiger partial charge in [-0.25, -0.2) is 9.07 Å². The zero-order chi connectivity index (χ0) is 15.5. The molecule has 22 heavy (non-hydrogen) atoms. The van der Waals surface area contributed by atoms with Crippen LogP contribution in [0.1, 0.15) is 17.0 Å². The molecule has 0 amide bonds. The van der Waals surface area contributed by atoms with E-state index in [1.54, 1.807) is 24.3 Å². The third-order valence-corrected chi connectivity index (χ3v) is 3.46. The predicted molar refractivity (Wildman–Crippen MR) is 80.3 cm³/mol. The van der Waals surface area contributed by atoms with Gasteiger partial charge in [-0.15, -0.1) is 5.10 Å². The van der Waals surface area contributed by atoms with Gasteiger partial charge in [-0.3, -0.25) is 0 Å². The van der Waals surface area contributed by atoms with E-state index in [9.17, 15) is 9.65 Å². The molecule has 0 radical (unpaired) electrons. The Balaban J connectivity index is 2.04. The number of halogens is 2. The summed E-state index contributed by atoms with van der Waals surface area (Å²) in [6, 6.07) is 15.3. The van der Waals surface area contributed by atoms with Crippen molar-refractivity contribution in [3.05, 3.63) is 76.3 Å². The van der Waals surface area contributed by atoms with Crippen molar-refractivity contribution in [3.8, 4) is 11.8 Å². The number of nitrogens with zero attached hydrogens (tertiary/aromatic N) is 4. The van der Waals surface area contributed by atoms with E-state index < -0.39 is 0 Å². The zero-order valence-corrected chi connectivity index (χ0v) is 12.1. The van der Waals surface area contributed by atoms with Gasteiger partial charge in [-0.1, -0.05) is 35.0 Å². The van der Waals surface area contributed by atoms with Gasteiger partial charge in [0.2, 0.25) is 0 Å². The molecule has 0 spiro atoms. The standard InChI is InChI=1S/C16H10ClFN4/c17-12-6-4-11(5-7-12)8-16-15(10-19)20-21-22(16)14-3-1-2-13(18)9-14/h1-7,9H,8H2. The van der Waals surface area contributed by atoms with E-state index in [2.05, 4.69) is 10.3 Å². The summed E-state index contributed by atoms with van der Waals surface area (Å²) in [4.78, 5) is 0. The van der Waals surface area contributed by atoms with Crippen LogP contribution in [-0.4, -0.2) is 15.0 Å². The van der Waals surface area contributed by atoms with Gasteiger partial charge in [0, 0.05) is 11.4 Å². The van der Waals surface area contributed by atoms with Gasteiger partial charge in [0.1, 0.15) is 11.9 Å². The quantitative estimate of drug-likeness (QED) is 0.743. The first-order valence-corrected chi connectivity index (χ1v) is 6.90. The number of rotatable bonds is 3. The van der Waals surface area contributed by atoms with Crippen LogP contribution >= 0.6 is 11.6 Å². The SMILES string of the molecule is N#Cc1nnn(-c2cccc(F)c2)c1Cc1ccc(Cl)cc1. The monoisotopic (exact) mass is 312 g/mol. The number of hydrogen-bond acceptors (Lipinski definition) is 3. The number of aromatic nitrogens is 3. The average Bonchev–Trinajstić information content (AvgIpc) is 2.92. The average molecular weight is 313 g/mol. The number of benzene rings is 2. The van der Waals surface area contributed by atoms with Crippen molar-refractivity contribution in [1.29, 1.82) is 5.26 Å². The fourth-order valence-corrected chi connectivity index (χ4v) is 2.28. The molecule has 1 heterocycles. The predicted octanol–water partition coefficient (Wildman–Crippen LogP) is 3.52. The summed E-state index contributed by atoms with van der Waals surface area (Å²) in [5.41, 5.74) is 2.31. The molecule has 3 rings (SSSR count). The Labute approximate surface area is 131 Å². The Kier molecular flexibility index (Phi) is 3.86. The van der Waals surface area contributed by atoms with Gasteiger partial charge in [-0.05, 0) is 35.9 Å². The van der Waals surface area contributed by atoms with Gasteiger partial charge in [0.05, 0.1) is 11.4 Å². The smallest absolute Gasteiger partial charge is 0.186 e. The van der Waals surface area contributed by atoms with E-state index >= 15 is 0 Å². The molecule has 0 N–H and O–H groups in total. The highest BCUT2D eigenvalue weighted by molar-refractivity contribution is 6.30. The Morgan fingerprint density at radius 1 is 1.18 bits per heavy atom. The highest BCUT2D eigenvalue weighted by Gasteiger charge is 2.15. The minimum absolute atomic E-state index is 0.221. The Hall–Kier alpha value is -2.71. The molecule has 2 aromatic carbocycles. The highest BCUT2D eigenvalue weighted by Crippen LogP contribution is 2.18. The fraction of sp³-hybridized carbons (Fsp3) is 0.0625. The molecule has 0 aliphatic rings. The van der Waals surface area contributed by atoms with Gasteiger partial charge >= 0.3 is 0 Å². The summed E-state index contributed by atoms with van der Waals surface area (Å²) in [6.07, 6.45) is 0.448. The van der Waals surface area contributed by atoms with Gasteiger partial charge < -0.3 is 0 Å². The van der Waals surface area contributed by atoms with Crippen LogP contribution in [0, 0.1) is 17.1 Å². The first-order chi connectivity index (χ1) is 10.7. The summed E-state index contributed by atoms with van der Waals surface area (Å²) >= 11 is 5.87. The lowest BCUT2D eigenvalue weighted by molar-refractivity contribution is 0.624. The molecular formula is C16H10ClFN4. The van der Waals surface area contributed by atoms with E-state index in [-0.39, 0.29) is 11.5 Å². The van der Waals surface area contributed by atoms with Crippen molar-refractivity contribution < 1.29 is 4.39 Å². The molecule has 3 aromatic rings. The van der Waals surface area contributed by atoms with Crippen molar-refractivity contribution in [1.82, 2.24) is 15.0 Å². The third-order valence-electron chi connectivity index (χ3n) is 3.21. The molecule has 0 saturated carbocycles. The summed E-state index contributed by atoms with van der Waals surface area (Å²) < 4.78 is 14.9. The largest absolute Gasteiger partial charge is 0.216 e. The van der Waals surface area contributed by atoms with Gasteiger partial charge in [0.25, 0.3) is 0 Å². The normalized spacial score (nSPS) is 10.4. The van der Waals surface area contributed by atoms with Crippen molar-refractivity contribution in [2.45, 2.75) is 6.42 Å². The van der Waals surface area contributed by atoms with E-state index in [4.69, 9.17) is 11.6 Å². The maximum atomic E-state index is 13.4. The maximum Gasteiger partial charge on any atom is 0.186 e. The van der Waals surface area contributed by atoms with Gasteiger partial charge in [-0.2, -0.15) is 5.26 Å². The second kappa shape index (κ2) is 5.96. The summed E-state index contributed by atoms with van der Waals surface area (Å²) in [5, 5.41) is 17.7. The van der Waals surface area contributed by atoms with Crippen LogP contribution in [-0.2, 0) is 6.42 Å². The minimum atomic E-state index is -0.371. The van der Waals surface area contributed by atoms with E-state index in [0.717, 1.165) is 5.56 Å². The van der Waals surface area contributed by atoms with Crippen molar-refractivity contribution in [2.24, 2.45) is 0 Å². The Morgan fingerprint density at radius 2 is 1.95 bits per heavy atom. The van der Waals surface area contributed by atoms with Gasteiger partial charge in [0.15, 0.2) is 5.69 Å². The number of hydrogen-bond donors (Lipinski definition) is 0. The molecule has 4 nitrogen and oxygen atoms in total. The molecule has 0 unspecified atom stereocenters. The first-order valence-electron chi connectivity index (χ1n) is 6.52. The summed E-state index contributed by atoms with van der Waals surface area (Å²) in [7, 11) is 0. The maximum absolute atomic E-state index is 13.4. The molecule has 0 atom stereocenters. The van der Waals surface area contributed by atoms with Crippen LogP contribution in [0.4, 0.5) is 4.39 Å². The zero-order valence-electron chi connectivity index (χ0n) is 11.4. The third kappa shape index (κ3) is 2.83. The van der Waals surface area contributed by atoms with Crippen molar-refractivity contribution in [2.75, 3.05) is 0 Å². The second-order valence-electron chi connectivity index (χ2n) is 4.69. The molecule has 6 heteroatoms. The number of nitriles is 1. The molecular weight excluding hydrogens is 303 g/mol. The molecule has 1 aromatic heterocycles. The first kappa shape index (κ1) is 14.2. The van der Waals surface area contributed by atoms with E-state index in [1.807, 2.05) is 18.2 Å². The lowest BCUT2D eigenvalue weighted by atomic mass is 10.1. The Morgan fingerprint density at radius 3 is 2.64 bits per heavy atom. The molecule has 0 aliphatic carbocycles. The molecule has 0 bridgehead atoms. The highest BCUT2D eigenvalue weighted by atomic mass is 35.5.